The van der Waals surface area contributed by atoms with Crippen LogP contribution in [-0.2, 0) is 4.79 Å². The van der Waals surface area contributed by atoms with E-state index in [0.717, 1.165) is 50.3 Å². The van der Waals surface area contributed by atoms with Crippen LogP contribution in [0.25, 0.3) is 0 Å². The van der Waals surface area contributed by atoms with Gasteiger partial charge in [0.1, 0.15) is 0 Å². The van der Waals surface area contributed by atoms with Gasteiger partial charge in [0.05, 0.1) is 0 Å². The summed E-state index contributed by atoms with van der Waals surface area (Å²) in [6, 6.07) is 0. The molecule has 1 aliphatic heterocycles. The second-order valence-electron chi connectivity index (χ2n) is 6.77. The van der Waals surface area contributed by atoms with E-state index in [9.17, 15) is 4.79 Å². The van der Waals surface area contributed by atoms with Gasteiger partial charge >= 0.3 is 0 Å². The summed E-state index contributed by atoms with van der Waals surface area (Å²) in [5.74, 6) is 3.03. The van der Waals surface area contributed by atoms with E-state index in [0.29, 0.717) is 12.5 Å². The van der Waals surface area contributed by atoms with Crippen LogP contribution in [-0.4, -0.2) is 50.0 Å². The van der Waals surface area contributed by atoms with Crippen LogP contribution in [0.4, 0.5) is 0 Å². The molecule has 0 radical (unpaired) electrons. The first kappa shape index (κ1) is 16.1. The summed E-state index contributed by atoms with van der Waals surface area (Å²) < 4.78 is 0. The molecule has 2 fully saturated rings. The van der Waals surface area contributed by atoms with E-state index >= 15 is 0 Å². The van der Waals surface area contributed by atoms with Crippen molar-refractivity contribution in [3.8, 4) is 0 Å². The van der Waals surface area contributed by atoms with Gasteiger partial charge in [0.15, 0.2) is 5.96 Å². The minimum atomic E-state index is 0.213. The number of hydrogen-bond acceptors (Lipinski definition) is 2. The molecule has 0 aromatic rings. The first-order chi connectivity index (χ1) is 10.1. The van der Waals surface area contributed by atoms with E-state index in [4.69, 9.17) is 0 Å². The Morgan fingerprint density at radius 3 is 2.57 bits per heavy atom. The Morgan fingerprint density at radius 1 is 1.24 bits per heavy atom. The fourth-order valence-corrected chi connectivity index (χ4v) is 3.07. The molecule has 2 N–H and O–H groups in total. The number of guanidine groups is 1. The molecule has 5 heteroatoms. The second-order valence-corrected chi connectivity index (χ2v) is 6.77. The highest BCUT2D eigenvalue weighted by Gasteiger charge is 2.29. The molecular weight excluding hydrogens is 264 g/mol. The molecule has 1 heterocycles. The van der Waals surface area contributed by atoms with Crippen LogP contribution in [0.1, 0.15) is 39.5 Å². The zero-order valence-electron chi connectivity index (χ0n) is 13.7. The molecule has 0 aromatic heterocycles. The van der Waals surface area contributed by atoms with Crippen LogP contribution < -0.4 is 10.6 Å². The molecule has 5 nitrogen and oxygen atoms in total. The van der Waals surface area contributed by atoms with Crippen LogP contribution >= 0.6 is 0 Å². The molecule has 1 unspecified atom stereocenters. The van der Waals surface area contributed by atoms with Gasteiger partial charge in [0.25, 0.3) is 0 Å². The maximum atomic E-state index is 11.5. The van der Waals surface area contributed by atoms with Crippen LogP contribution in [0.15, 0.2) is 4.99 Å². The summed E-state index contributed by atoms with van der Waals surface area (Å²) in [7, 11) is 1.83. The normalized spacial score (nSPS) is 22.8. The molecule has 1 saturated carbocycles. The lowest BCUT2D eigenvalue weighted by molar-refractivity contribution is -0.122. The molecule has 120 valence electrons. The van der Waals surface area contributed by atoms with Crippen molar-refractivity contribution >= 4 is 11.9 Å². The molecule has 21 heavy (non-hydrogen) atoms. The van der Waals surface area contributed by atoms with Crippen molar-refractivity contribution in [1.82, 2.24) is 15.5 Å². The van der Waals surface area contributed by atoms with Crippen molar-refractivity contribution in [3.05, 3.63) is 0 Å². The SMILES string of the molecule is CN=C(NCCNC(=O)C1CC1)N1CCC(CC(C)C)C1. The number of nitrogens with one attached hydrogen (secondary N) is 2. The number of hydrogen-bond donors (Lipinski definition) is 2. The quantitative estimate of drug-likeness (QED) is 0.443. The van der Waals surface area contributed by atoms with E-state index in [-0.39, 0.29) is 5.91 Å². The number of carbonyl (C=O) groups excluding carboxylic acids is 1. The highest BCUT2D eigenvalue weighted by Crippen LogP contribution is 2.28. The molecule has 1 saturated heterocycles. The number of aliphatic imine (C=N–C) groups is 1. The van der Waals surface area contributed by atoms with E-state index in [1.807, 2.05) is 7.05 Å². The largest absolute Gasteiger partial charge is 0.354 e. The zero-order valence-corrected chi connectivity index (χ0v) is 13.7. The van der Waals surface area contributed by atoms with Gasteiger partial charge in [-0.15, -0.1) is 0 Å². The first-order valence-electron chi connectivity index (χ1n) is 8.33. The predicted molar refractivity (Wildman–Crippen MR) is 86.2 cm³/mol. The summed E-state index contributed by atoms with van der Waals surface area (Å²) in [5, 5.41) is 6.34. The average Bonchev–Trinajstić information content (AvgIpc) is 3.20. The number of amides is 1. The van der Waals surface area contributed by atoms with Gasteiger partial charge in [-0.2, -0.15) is 0 Å². The Hall–Kier alpha value is -1.26. The summed E-state index contributed by atoms with van der Waals surface area (Å²) in [5.41, 5.74) is 0. The van der Waals surface area contributed by atoms with Crippen molar-refractivity contribution < 1.29 is 4.79 Å². The van der Waals surface area contributed by atoms with Crippen LogP contribution in [0.5, 0.6) is 0 Å². The third kappa shape index (κ3) is 5.21. The Kier molecular flexibility index (Phi) is 5.88. The minimum Gasteiger partial charge on any atom is -0.354 e. The number of nitrogens with zero attached hydrogens (tertiary/aromatic N) is 2. The average molecular weight is 294 g/mol. The molecule has 2 aliphatic rings. The standard InChI is InChI=1S/C16H30N4O/c1-12(2)10-13-6-9-20(11-13)16(17-3)19-8-7-18-15(21)14-4-5-14/h12-14H,4-11H2,1-3H3,(H,17,19)(H,18,21). The maximum Gasteiger partial charge on any atom is 0.223 e. The van der Waals surface area contributed by atoms with Crippen LogP contribution in [0, 0.1) is 17.8 Å². The van der Waals surface area contributed by atoms with Gasteiger partial charge in [-0.1, -0.05) is 13.8 Å². The highest BCUT2D eigenvalue weighted by atomic mass is 16.2. The van der Waals surface area contributed by atoms with Crippen LogP contribution in [0.3, 0.4) is 0 Å². The zero-order chi connectivity index (χ0) is 15.2. The number of likely N-dealkylation sites (tertiary alicyclic amines) is 1. The predicted octanol–water partition coefficient (Wildman–Crippen LogP) is 1.46. The Balaban J connectivity index is 1.65. The Morgan fingerprint density at radius 2 is 1.95 bits per heavy atom. The summed E-state index contributed by atoms with van der Waals surface area (Å²) in [6.07, 6.45) is 4.68. The molecule has 2 rings (SSSR count). The van der Waals surface area contributed by atoms with Crippen LogP contribution in [0.2, 0.25) is 0 Å². The first-order valence-corrected chi connectivity index (χ1v) is 8.33. The molecule has 1 aliphatic carbocycles. The number of rotatable bonds is 6. The fourth-order valence-electron chi connectivity index (χ4n) is 3.07. The van der Waals surface area contributed by atoms with Crippen molar-refractivity contribution in [2.24, 2.45) is 22.7 Å². The van der Waals surface area contributed by atoms with E-state index < -0.39 is 0 Å². The molecule has 0 spiro atoms. The van der Waals surface area contributed by atoms with E-state index in [1.165, 1.54) is 12.8 Å². The van der Waals surface area contributed by atoms with Gasteiger partial charge in [-0.25, -0.2) is 0 Å². The van der Waals surface area contributed by atoms with Gasteiger partial charge in [0.2, 0.25) is 5.91 Å². The molecule has 1 amide bonds. The molecular formula is C16H30N4O. The summed E-state index contributed by atoms with van der Waals surface area (Å²) in [4.78, 5) is 18.3. The lowest BCUT2D eigenvalue weighted by atomic mass is 9.97. The van der Waals surface area contributed by atoms with Crippen molar-refractivity contribution in [2.45, 2.75) is 39.5 Å². The minimum absolute atomic E-state index is 0.213. The number of carbonyl (C=O) groups is 1. The van der Waals surface area contributed by atoms with Crippen molar-refractivity contribution in [2.75, 3.05) is 33.2 Å². The molecule has 0 bridgehead atoms. The smallest absolute Gasteiger partial charge is 0.223 e. The van der Waals surface area contributed by atoms with Crippen molar-refractivity contribution in [1.29, 1.82) is 0 Å². The fraction of sp³-hybridized carbons (Fsp3) is 0.875. The van der Waals surface area contributed by atoms with Gasteiger partial charge < -0.3 is 15.5 Å². The van der Waals surface area contributed by atoms with E-state index in [2.05, 4.69) is 34.4 Å². The lowest BCUT2D eigenvalue weighted by Gasteiger charge is -2.22. The third-order valence-electron chi connectivity index (χ3n) is 4.26. The topological polar surface area (TPSA) is 56.7 Å². The molecule has 1 atom stereocenters. The summed E-state index contributed by atoms with van der Waals surface area (Å²) >= 11 is 0. The monoisotopic (exact) mass is 294 g/mol. The van der Waals surface area contributed by atoms with Gasteiger partial charge in [0, 0.05) is 39.1 Å². The van der Waals surface area contributed by atoms with E-state index in [1.54, 1.807) is 0 Å². The Bertz CT molecular complexity index is 376. The maximum absolute atomic E-state index is 11.5. The molecule has 0 aromatic carbocycles. The summed E-state index contributed by atoms with van der Waals surface area (Å²) in [6.45, 7) is 8.20. The van der Waals surface area contributed by atoms with Gasteiger partial charge in [-0.3, -0.25) is 9.79 Å². The lowest BCUT2D eigenvalue weighted by Crippen LogP contribution is -2.43. The third-order valence-corrected chi connectivity index (χ3v) is 4.26. The van der Waals surface area contributed by atoms with Crippen molar-refractivity contribution in [3.63, 3.8) is 0 Å². The Labute approximate surface area is 128 Å². The van der Waals surface area contributed by atoms with Gasteiger partial charge in [-0.05, 0) is 37.5 Å². The highest BCUT2D eigenvalue weighted by molar-refractivity contribution is 5.81. The second kappa shape index (κ2) is 7.66.